The molecule has 19 heteroatoms. The minimum atomic E-state index is -4.95. The van der Waals surface area contributed by atoms with Crippen molar-refractivity contribution >= 4 is 39.5 Å². The number of esters is 4. The van der Waals surface area contributed by atoms with Gasteiger partial charge in [0.2, 0.25) is 0 Å². The quantitative estimate of drug-likeness (QED) is 0.0222. The second-order valence-corrected chi connectivity index (χ2v) is 30.3. The van der Waals surface area contributed by atoms with Crippen molar-refractivity contribution in [3.63, 3.8) is 0 Å². The molecule has 0 saturated carbocycles. The smallest absolute Gasteiger partial charge is 0.462 e. The Labute approximate surface area is 556 Å². The SMILES string of the molecule is CCCCCCCCCCC(=O)OC[C@H](COP(=O)(O)OC[C@H](O)COP(=O)(O)OC[C@@H](COC(=O)CCCCCCCCCCCCCCCCC(C)C)OC(=O)CCCCCCCCCCCCCCCCC(C)C)OC(=O)CCCCCCCCC(C)C. The van der Waals surface area contributed by atoms with Crippen molar-refractivity contribution in [3.05, 3.63) is 0 Å². The average Bonchev–Trinajstić information content (AvgIpc) is 2.33. The molecule has 2 unspecified atom stereocenters. The van der Waals surface area contributed by atoms with Crippen LogP contribution >= 0.6 is 15.6 Å². The first kappa shape index (κ1) is 89.1. The van der Waals surface area contributed by atoms with Gasteiger partial charge in [0.05, 0.1) is 26.4 Å². The summed E-state index contributed by atoms with van der Waals surface area (Å²) >= 11 is 0. The molecule has 0 spiro atoms. The number of ether oxygens (including phenoxy) is 4. The number of aliphatic hydroxyl groups is 1. The minimum Gasteiger partial charge on any atom is -0.462 e. The van der Waals surface area contributed by atoms with Gasteiger partial charge in [-0.25, -0.2) is 9.13 Å². The Bertz CT molecular complexity index is 1780. The highest BCUT2D eigenvalue weighted by Gasteiger charge is 2.30. The van der Waals surface area contributed by atoms with Gasteiger partial charge in [0.25, 0.3) is 0 Å². The third kappa shape index (κ3) is 66.5. The van der Waals surface area contributed by atoms with E-state index >= 15 is 0 Å². The monoisotopic (exact) mass is 1340 g/mol. The largest absolute Gasteiger partial charge is 0.472 e. The Morgan fingerprint density at radius 3 is 0.747 bits per heavy atom. The van der Waals surface area contributed by atoms with Crippen molar-refractivity contribution in [1.82, 2.24) is 0 Å². The predicted octanol–water partition coefficient (Wildman–Crippen LogP) is 20.6. The van der Waals surface area contributed by atoms with Crippen LogP contribution in [0.4, 0.5) is 0 Å². The lowest BCUT2D eigenvalue weighted by atomic mass is 10.0. The predicted molar refractivity (Wildman–Crippen MR) is 368 cm³/mol. The van der Waals surface area contributed by atoms with Crippen LogP contribution in [0.25, 0.3) is 0 Å². The number of aliphatic hydroxyl groups excluding tert-OH is 1. The van der Waals surface area contributed by atoms with Gasteiger partial charge in [0.1, 0.15) is 19.3 Å². The summed E-state index contributed by atoms with van der Waals surface area (Å²) in [6, 6.07) is 0. The Kier molecular flexibility index (Phi) is 61.5. The lowest BCUT2D eigenvalue weighted by Gasteiger charge is -2.21. The fourth-order valence-corrected chi connectivity index (χ4v) is 12.5. The molecule has 0 aliphatic carbocycles. The molecular weight excluding hydrogens is 1200 g/mol. The van der Waals surface area contributed by atoms with E-state index in [1.165, 1.54) is 167 Å². The van der Waals surface area contributed by atoms with Gasteiger partial charge in [0, 0.05) is 25.7 Å². The van der Waals surface area contributed by atoms with E-state index in [-0.39, 0.29) is 25.7 Å². The molecule has 540 valence electrons. The van der Waals surface area contributed by atoms with Crippen LogP contribution in [-0.2, 0) is 65.4 Å². The van der Waals surface area contributed by atoms with Gasteiger partial charge in [-0.1, -0.05) is 312 Å². The van der Waals surface area contributed by atoms with E-state index in [2.05, 4.69) is 48.5 Å². The molecule has 17 nitrogen and oxygen atoms in total. The van der Waals surface area contributed by atoms with Crippen LogP contribution in [0.2, 0.25) is 0 Å². The average molecular weight is 1340 g/mol. The molecular formula is C72H140O17P2. The van der Waals surface area contributed by atoms with Crippen molar-refractivity contribution in [3.8, 4) is 0 Å². The minimum absolute atomic E-state index is 0.102. The first-order valence-corrected chi connectivity index (χ1v) is 40.3. The van der Waals surface area contributed by atoms with Crippen LogP contribution in [0.1, 0.15) is 363 Å². The van der Waals surface area contributed by atoms with Gasteiger partial charge in [0.15, 0.2) is 12.2 Å². The number of carbonyl (C=O) groups is 4. The van der Waals surface area contributed by atoms with E-state index in [0.29, 0.717) is 31.6 Å². The van der Waals surface area contributed by atoms with Crippen molar-refractivity contribution < 1.29 is 80.2 Å². The van der Waals surface area contributed by atoms with Crippen LogP contribution < -0.4 is 0 Å². The summed E-state index contributed by atoms with van der Waals surface area (Å²) in [6.07, 6.45) is 47.5. The zero-order valence-electron chi connectivity index (χ0n) is 59.3. The summed E-state index contributed by atoms with van der Waals surface area (Å²) in [6.45, 7) is 11.8. The molecule has 91 heavy (non-hydrogen) atoms. The van der Waals surface area contributed by atoms with Crippen LogP contribution in [0.15, 0.2) is 0 Å². The molecule has 0 aliphatic heterocycles. The van der Waals surface area contributed by atoms with Crippen LogP contribution in [-0.4, -0.2) is 96.7 Å². The van der Waals surface area contributed by atoms with Crippen LogP contribution in [0.3, 0.4) is 0 Å². The summed E-state index contributed by atoms with van der Waals surface area (Å²) in [4.78, 5) is 72.5. The molecule has 0 amide bonds. The fourth-order valence-electron chi connectivity index (χ4n) is 10.9. The molecule has 0 aromatic rings. The molecule has 0 fully saturated rings. The molecule has 5 atom stereocenters. The molecule has 0 rings (SSSR count). The van der Waals surface area contributed by atoms with Crippen molar-refractivity contribution in [2.24, 2.45) is 17.8 Å². The second-order valence-electron chi connectivity index (χ2n) is 27.4. The van der Waals surface area contributed by atoms with E-state index in [1.807, 2.05) is 0 Å². The standard InChI is InChI=1S/C72H140O17P2/c1-8-9-10-11-12-31-39-46-53-69(74)82-60-68(89-72(77)56-49-42-35-34-38-45-52-65(6)7)62-87-91(80,81)85-58-66(73)57-84-90(78,79)86-61-67(88-71(76)55-48-41-33-28-24-20-16-14-18-22-26-30-37-44-51-64(4)5)59-83-70(75)54-47-40-32-27-23-19-15-13-17-21-25-29-36-43-50-63(2)3/h63-68,73H,8-62H2,1-7H3,(H,78,79)(H,80,81)/t66-,67-,68-/m1/s1. The molecule has 0 aliphatic rings. The molecule has 0 saturated heterocycles. The van der Waals surface area contributed by atoms with E-state index in [4.69, 9.17) is 37.0 Å². The number of rotatable bonds is 70. The third-order valence-electron chi connectivity index (χ3n) is 16.6. The van der Waals surface area contributed by atoms with Gasteiger partial charge in [-0.3, -0.25) is 37.3 Å². The van der Waals surface area contributed by atoms with Gasteiger partial charge >= 0.3 is 39.5 Å². The number of hydrogen-bond donors (Lipinski definition) is 3. The first-order chi connectivity index (χ1) is 43.7. The highest BCUT2D eigenvalue weighted by Crippen LogP contribution is 2.45. The summed E-state index contributed by atoms with van der Waals surface area (Å²) in [7, 11) is -9.90. The van der Waals surface area contributed by atoms with Gasteiger partial charge in [-0.15, -0.1) is 0 Å². The first-order valence-electron chi connectivity index (χ1n) is 37.3. The zero-order chi connectivity index (χ0) is 67.3. The Balaban J connectivity index is 5.19. The van der Waals surface area contributed by atoms with Crippen LogP contribution in [0.5, 0.6) is 0 Å². The molecule has 0 heterocycles. The van der Waals surface area contributed by atoms with Gasteiger partial charge in [-0.2, -0.15) is 0 Å². The number of unbranched alkanes of at least 4 members (excludes halogenated alkanes) is 38. The number of phosphoric acid groups is 2. The maximum atomic E-state index is 13.0. The van der Waals surface area contributed by atoms with Gasteiger partial charge in [-0.05, 0) is 43.4 Å². The van der Waals surface area contributed by atoms with E-state index in [1.54, 1.807) is 0 Å². The Hall–Kier alpha value is -1.94. The maximum absolute atomic E-state index is 13.0. The summed E-state index contributed by atoms with van der Waals surface area (Å²) in [5.74, 6) is 0.134. The van der Waals surface area contributed by atoms with Crippen molar-refractivity contribution in [2.45, 2.75) is 381 Å². The van der Waals surface area contributed by atoms with E-state index < -0.39 is 97.5 Å². The maximum Gasteiger partial charge on any atom is 0.472 e. The summed E-state index contributed by atoms with van der Waals surface area (Å²) in [5, 5.41) is 10.6. The summed E-state index contributed by atoms with van der Waals surface area (Å²) in [5.41, 5.74) is 0. The third-order valence-corrected chi connectivity index (χ3v) is 18.5. The highest BCUT2D eigenvalue weighted by molar-refractivity contribution is 7.47. The normalized spacial score (nSPS) is 14.2. The highest BCUT2D eigenvalue weighted by atomic mass is 31.2. The molecule has 0 radical (unpaired) electrons. The zero-order valence-corrected chi connectivity index (χ0v) is 61.1. The lowest BCUT2D eigenvalue weighted by Crippen LogP contribution is -2.30. The number of phosphoric ester groups is 2. The lowest BCUT2D eigenvalue weighted by molar-refractivity contribution is -0.161. The number of carbonyl (C=O) groups excluding carboxylic acids is 4. The van der Waals surface area contributed by atoms with E-state index in [9.17, 15) is 43.2 Å². The molecule has 0 bridgehead atoms. The van der Waals surface area contributed by atoms with E-state index in [0.717, 1.165) is 108 Å². The van der Waals surface area contributed by atoms with Crippen LogP contribution in [0, 0.1) is 17.8 Å². The Morgan fingerprint density at radius 1 is 0.297 bits per heavy atom. The molecule has 0 aromatic heterocycles. The molecule has 3 N–H and O–H groups in total. The van der Waals surface area contributed by atoms with Crippen molar-refractivity contribution in [1.29, 1.82) is 0 Å². The number of hydrogen-bond acceptors (Lipinski definition) is 15. The second kappa shape index (κ2) is 62.8. The Morgan fingerprint density at radius 2 is 0.505 bits per heavy atom. The van der Waals surface area contributed by atoms with Crippen molar-refractivity contribution in [2.75, 3.05) is 39.6 Å². The molecule has 0 aromatic carbocycles. The summed E-state index contributed by atoms with van der Waals surface area (Å²) < 4.78 is 68.2. The fraction of sp³-hybridized carbons (Fsp3) is 0.944. The topological polar surface area (TPSA) is 237 Å². The van der Waals surface area contributed by atoms with Gasteiger partial charge < -0.3 is 33.8 Å².